The van der Waals surface area contributed by atoms with Crippen molar-refractivity contribution in [3.8, 4) is 0 Å². The van der Waals surface area contributed by atoms with Crippen LogP contribution in [0, 0.1) is 5.82 Å². The Labute approximate surface area is 128 Å². The maximum atomic E-state index is 13.4. The van der Waals surface area contributed by atoms with Crippen LogP contribution in [-0.2, 0) is 21.2 Å². The van der Waals surface area contributed by atoms with Gasteiger partial charge < -0.3 is 5.32 Å². The van der Waals surface area contributed by atoms with Crippen LogP contribution in [0.3, 0.4) is 0 Å². The maximum Gasteiger partial charge on any atom is 0.238 e. The number of amides is 1. The Hall–Kier alpha value is -2.25. The molecule has 2 rings (SSSR count). The van der Waals surface area contributed by atoms with Crippen LogP contribution in [0.4, 0.5) is 10.1 Å². The highest BCUT2D eigenvalue weighted by Crippen LogP contribution is 2.15. The first-order chi connectivity index (χ1) is 10.4. The van der Waals surface area contributed by atoms with Crippen molar-refractivity contribution < 1.29 is 17.6 Å². The van der Waals surface area contributed by atoms with Crippen molar-refractivity contribution in [2.75, 3.05) is 5.32 Å². The summed E-state index contributed by atoms with van der Waals surface area (Å²) in [6.45, 7) is 0. The molecule has 0 aromatic heterocycles. The molecule has 0 saturated carbocycles. The van der Waals surface area contributed by atoms with Crippen molar-refractivity contribution in [3.05, 3.63) is 59.9 Å². The number of sulfonamides is 1. The predicted octanol–water partition coefficient (Wildman–Crippen LogP) is 2.04. The van der Waals surface area contributed by atoms with E-state index in [1.54, 1.807) is 24.3 Å². The normalized spacial score (nSPS) is 11.2. The van der Waals surface area contributed by atoms with Gasteiger partial charge in [-0.2, -0.15) is 0 Å². The van der Waals surface area contributed by atoms with Gasteiger partial charge in [0.1, 0.15) is 5.82 Å². The minimum Gasteiger partial charge on any atom is -0.326 e. The highest BCUT2D eigenvalue weighted by atomic mass is 32.2. The summed E-state index contributed by atoms with van der Waals surface area (Å²) in [5, 5.41) is 7.59. The Morgan fingerprint density at radius 2 is 1.86 bits per heavy atom. The van der Waals surface area contributed by atoms with E-state index in [9.17, 15) is 17.6 Å². The fourth-order valence-corrected chi connectivity index (χ4v) is 2.48. The first-order valence-corrected chi connectivity index (χ1v) is 8.07. The third-order valence-electron chi connectivity index (χ3n) is 3.03. The summed E-state index contributed by atoms with van der Waals surface area (Å²) < 4.78 is 35.9. The quantitative estimate of drug-likeness (QED) is 0.883. The zero-order valence-electron chi connectivity index (χ0n) is 11.6. The molecule has 2 aromatic rings. The number of benzene rings is 2. The minimum atomic E-state index is -3.82. The fraction of sp³-hybridized carbons (Fsp3) is 0.133. The lowest BCUT2D eigenvalue weighted by Gasteiger charge is -2.07. The van der Waals surface area contributed by atoms with Gasteiger partial charge in [0.2, 0.25) is 15.9 Å². The van der Waals surface area contributed by atoms with E-state index < -0.39 is 10.0 Å². The van der Waals surface area contributed by atoms with Crippen LogP contribution in [0.25, 0.3) is 0 Å². The van der Waals surface area contributed by atoms with E-state index >= 15 is 0 Å². The van der Waals surface area contributed by atoms with E-state index in [4.69, 9.17) is 5.14 Å². The molecule has 0 atom stereocenters. The molecule has 0 aliphatic rings. The average Bonchev–Trinajstić information content (AvgIpc) is 2.46. The number of carbonyl (C=O) groups is 1. The van der Waals surface area contributed by atoms with Gasteiger partial charge in [-0.25, -0.2) is 17.9 Å². The van der Waals surface area contributed by atoms with E-state index in [0.29, 0.717) is 11.3 Å². The lowest BCUT2D eigenvalue weighted by molar-refractivity contribution is -0.116. The first-order valence-electron chi connectivity index (χ1n) is 6.52. The number of hydrogen-bond acceptors (Lipinski definition) is 3. The number of anilines is 1. The molecule has 0 saturated heterocycles. The van der Waals surface area contributed by atoms with Crippen LogP contribution in [0.15, 0.2) is 53.4 Å². The highest BCUT2D eigenvalue weighted by Gasteiger charge is 2.10. The van der Waals surface area contributed by atoms with Crippen LogP contribution in [0.2, 0.25) is 0 Å². The van der Waals surface area contributed by atoms with Gasteiger partial charge in [0.15, 0.2) is 0 Å². The van der Waals surface area contributed by atoms with E-state index in [-0.39, 0.29) is 29.5 Å². The summed E-state index contributed by atoms with van der Waals surface area (Å²) in [5.74, 6) is -0.693. The van der Waals surface area contributed by atoms with Gasteiger partial charge in [-0.15, -0.1) is 0 Å². The molecule has 0 radical (unpaired) electrons. The average molecular weight is 322 g/mol. The van der Waals surface area contributed by atoms with E-state index in [0.717, 1.165) is 0 Å². The van der Waals surface area contributed by atoms with Crippen molar-refractivity contribution in [3.63, 3.8) is 0 Å². The third-order valence-corrected chi connectivity index (χ3v) is 3.94. The van der Waals surface area contributed by atoms with Crippen molar-refractivity contribution in [2.24, 2.45) is 5.14 Å². The van der Waals surface area contributed by atoms with E-state index in [2.05, 4.69) is 5.32 Å². The Morgan fingerprint density at radius 1 is 1.14 bits per heavy atom. The number of rotatable bonds is 5. The van der Waals surface area contributed by atoms with Gasteiger partial charge in [-0.3, -0.25) is 4.79 Å². The third kappa shape index (κ3) is 4.37. The Kier molecular flexibility index (Phi) is 4.89. The molecule has 0 aliphatic carbocycles. The summed E-state index contributed by atoms with van der Waals surface area (Å²) in [6.07, 6.45) is 0.341. The second-order valence-corrected chi connectivity index (χ2v) is 6.27. The topological polar surface area (TPSA) is 89.3 Å². The van der Waals surface area contributed by atoms with Crippen LogP contribution < -0.4 is 10.5 Å². The van der Waals surface area contributed by atoms with Crippen molar-refractivity contribution in [1.29, 1.82) is 0 Å². The first kappa shape index (κ1) is 16.1. The van der Waals surface area contributed by atoms with Gasteiger partial charge in [-0.1, -0.05) is 24.3 Å². The number of halogens is 1. The second-order valence-electron chi connectivity index (χ2n) is 4.71. The predicted molar refractivity (Wildman–Crippen MR) is 81.2 cm³/mol. The molecule has 7 heteroatoms. The second kappa shape index (κ2) is 6.67. The highest BCUT2D eigenvalue weighted by molar-refractivity contribution is 7.89. The summed E-state index contributed by atoms with van der Waals surface area (Å²) in [4.78, 5) is 11.8. The number of nitrogens with two attached hydrogens (primary N) is 1. The molecular weight excluding hydrogens is 307 g/mol. The summed E-state index contributed by atoms with van der Waals surface area (Å²) in [7, 11) is -3.82. The van der Waals surface area contributed by atoms with Crippen LogP contribution >= 0.6 is 0 Å². The molecule has 0 fully saturated rings. The maximum absolute atomic E-state index is 13.4. The zero-order chi connectivity index (χ0) is 16.2. The smallest absolute Gasteiger partial charge is 0.238 e. The molecule has 2 aromatic carbocycles. The van der Waals surface area contributed by atoms with Crippen LogP contribution in [-0.4, -0.2) is 14.3 Å². The lowest BCUT2D eigenvalue weighted by Crippen LogP contribution is -2.15. The van der Waals surface area contributed by atoms with Gasteiger partial charge in [0.05, 0.1) is 4.90 Å². The van der Waals surface area contributed by atoms with Crippen molar-refractivity contribution in [1.82, 2.24) is 0 Å². The Morgan fingerprint density at radius 3 is 2.55 bits per heavy atom. The molecule has 3 N–H and O–H groups in total. The van der Waals surface area contributed by atoms with Gasteiger partial charge in [-0.05, 0) is 36.2 Å². The summed E-state index contributed by atoms with van der Waals surface area (Å²) >= 11 is 0. The molecule has 5 nitrogen and oxygen atoms in total. The van der Waals surface area contributed by atoms with Crippen molar-refractivity contribution in [2.45, 2.75) is 17.7 Å². The Balaban J connectivity index is 2.00. The van der Waals surface area contributed by atoms with Crippen molar-refractivity contribution >= 4 is 21.6 Å². The van der Waals surface area contributed by atoms with Crippen LogP contribution in [0.5, 0.6) is 0 Å². The number of aryl methyl sites for hydroxylation is 1. The number of primary sulfonamides is 1. The van der Waals surface area contributed by atoms with Gasteiger partial charge in [0.25, 0.3) is 0 Å². The molecular formula is C15H15FN2O3S. The zero-order valence-corrected chi connectivity index (χ0v) is 12.4. The summed E-state index contributed by atoms with van der Waals surface area (Å²) in [6, 6.07) is 11.9. The molecule has 116 valence electrons. The largest absolute Gasteiger partial charge is 0.326 e. The molecule has 0 bridgehead atoms. The molecule has 0 unspecified atom stereocenters. The van der Waals surface area contributed by atoms with E-state index in [1.807, 2.05) is 0 Å². The minimum absolute atomic E-state index is 0.0839. The van der Waals surface area contributed by atoms with Crippen LogP contribution in [0.1, 0.15) is 12.0 Å². The standard InChI is InChI=1S/C15H15FN2O3S/c16-14-7-2-1-4-11(14)8-9-15(19)18-12-5-3-6-13(10-12)22(17,20)21/h1-7,10H,8-9H2,(H,18,19)(H2,17,20,21). The van der Waals surface area contributed by atoms with E-state index in [1.165, 1.54) is 24.3 Å². The molecule has 1 amide bonds. The van der Waals surface area contributed by atoms with Gasteiger partial charge in [0, 0.05) is 12.1 Å². The monoisotopic (exact) mass is 322 g/mol. The number of carbonyl (C=O) groups excluding carboxylic acids is 1. The molecule has 0 spiro atoms. The SMILES string of the molecule is NS(=O)(=O)c1cccc(NC(=O)CCc2ccccc2F)c1. The Bertz CT molecular complexity index is 791. The lowest BCUT2D eigenvalue weighted by atomic mass is 10.1. The number of nitrogens with one attached hydrogen (secondary N) is 1. The summed E-state index contributed by atoms with van der Waals surface area (Å²) in [5.41, 5.74) is 0.779. The molecule has 22 heavy (non-hydrogen) atoms. The number of hydrogen-bond donors (Lipinski definition) is 2. The van der Waals surface area contributed by atoms with Gasteiger partial charge >= 0.3 is 0 Å². The fourth-order valence-electron chi connectivity index (χ4n) is 1.92. The molecule has 0 aliphatic heterocycles. The molecule has 0 heterocycles.